The van der Waals surface area contributed by atoms with Crippen LogP contribution in [0.2, 0.25) is 0 Å². The van der Waals surface area contributed by atoms with Gasteiger partial charge < -0.3 is 9.47 Å². The van der Waals surface area contributed by atoms with Crippen LogP contribution in [0, 0.1) is 48.4 Å². The molecule has 4 heteroatoms. The second-order valence-corrected chi connectivity index (χ2v) is 5.84. The molecule has 1 aromatic carbocycles. The van der Waals surface area contributed by atoms with Gasteiger partial charge in [-0.2, -0.15) is 0 Å². The molecule has 0 unspecified atom stereocenters. The Labute approximate surface area is 176 Å². The van der Waals surface area contributed by atoms with Crippen LogP contribution < -0.4 is 9.47 Å². The monoisotopic (exact) mass is 388 g/mol. The summed E-state index contributed by atoms with van der Waals surface area (Å²) in [5.74, 6) is 18.5. The Kier molecular flexibility index (Phi) is 6.38. The van der Waals surface area contributed by atoms with E-state index in [1.54, 1.807) is 56.9 Å². The van der Waals surface area contributed by atoms with Gasteiger partial charge in [0.15, 0.2) is 11.5 Å². The summed E-state index contributed by atoms with van der Waals surface area (Å²) in [6.45, 7) is 0. The summed E-state index contributed by atoms with van der Waals surface area (Å²) in [6.07, 6.45) is 14.3. The fraction of sp³-hybridized carbons (Fsp3) is 0.0769. The maximum absolute atomic E-state index is 5.53. The average molecular weight is 388 g/mol. The van der Waals surface area contributed by atoms with E-state index in [-0.39, 0.29) is 0 Å². The van der Waals surface area contributed by atoms with E-state index in [2.05, 4.69) is 45.5 Å². The third-order valence-corrected chi connectivity index (χ3v) is 4.08. The molecular weight excluding hydrogens is 372 g/mol. The van der Waals surface area contributed by atoms with Gasteiger partial charge in [0.05, 0.1) is 25.3 Å². The molecule has 0 radical (unpaired) electrons. The fourth-order valence-electron chi connectivity index (χ4n) is 2.59. The zero-order valence-electron chi connectivity index (χ0n) is 16.5. The first-order chi connectivity index (χ1) is 14.7. The van der Waals surface area contributed by atoms with E-state index in [1.807, 2.05) is 6.07 Å². The Balaban J connectivity index is 2.15. The fourth-order valence-corrected chi connectivity index (χ4v) is 2.59. The van der Waals surface area contributed by atoms with Gasteiger partial charge in [-0.15, -0.1) is 12.8 Å². The van der Waals surface area contributed by atoms with Crippen molar-refractivity contribution in [1.29, 1.82) is 0 Å². The van der Waals surface area contributed by atoms with Crippen LogP contribution in [0.15, 0.2) is 48.8 Å². The van der Waals surface area contributed by atoms with Gasteiger partial charge in [-0.1, -0.05) is 23.7 Å². The summed E-state index contributed by atoms with van der Waals surface area (Å²) in [7, 11) is 3.12. The quantitative estimate of drug-likeness (QED) is 0.632. The minimum Gasteiger partial charge on any atom is -0.493 e. The third-order valence-electron chi connectivity index (χ3n) is 4.08. The summed E-state index contributed by atoms with van der Waals surface area (Å²) in [5.41, 5.74) is 3.53. The van der Waals surface area contributed by atoms with Crippen LogP contribution in [0.3, 0.4) is 0 Å². The molecule has 0 N–H and O–H groups in total. The normalized spacial score (nSPS) is 9.07. The highest BCUT2D eigenvalue weighted by Gasteiger charge is 2.09. The first-order valence-corrected chi connectivity index (χ1v) is 8.83. The van der Waals surface area contributed by atoms with Gasteiger partial charge in [0.25, 0.3) is 0 Å². The molecule has 0 saturated carbocycles. The van der Waals surface area contributed by atoms with Crippen molar-refractivity contribution in [3.8, 4) is 59.9 Å². The zero-order chi connectivity index (χ0) is 21.3. The van der Waals surface area contributed by atoms with Crippen LogP contribution in [-0.2, 0) is 0 Å². The lowest BCUT2D eigenvalue weighted by Crippen LogP contribution is -1.95. The molecule has 142 valence electrons. The molecule has 3 rings (SSSR count). The summed E-state index contributed by atoms with van der Waals surface area (Å²) < 4.78 is 10.8. The van der Waals surface area contributed by atoms with E-state index in [0.717, 1.165) is 0 Å². The van der Waals surface area contributed by atoms with Gasteiger partial charge in [-0.25, -0.2) is 9.97 Å². The molecule has 4 nitrogen and oxygen atoms in total. The number of aromatic nitrogens is 2. The lowest BCUT2D eigenvalue weighted by Gasteiger charge is -2.09. The number of ether oxygens (including phenoxy) is 2. The van der Waals surface area contributed by atoms with Crippen molar-refractivity contribution in [2.45, 2.75) is 0 Å². The third kappa shape index (κ3) is 4.43. The SMILES string of the molecule is C#Cc1cccnc1C#Cc1cc(OC)c(OC)cc1C#Cc1cccnc1C#C. The van der Waals surface area contributed by atoms with Crippen molar-refractivity contribution in [3.63, 3.8) is 0 Å². The average Bonchev–Trinajstić information content (AvgIpc) is 2.81. The standard InChI is InChI=1S/C26H16N2O2/c1-5-19-9-7-16-28-24(19)14-13-22-18-26(30-4)25(29-3)17-21(22)12-11-20-10-8-15-27-23(20)6-2/h1-2,7-10,15-18H,3-4H3. The first kappa shape index (κ1) is 20.1. The van der Waals surface area contributed by atoms with Gasteiger partial charge in [0, 0.05) is 35.7 Å². The number of methoxy groups -OCH3 is 2. The summed E-state index contributed by atoms with van der Waals surface area (Å²) in [4.78, 5) is 8.40. The van der Waals surface area contributed by atoms with Crippen LogP contribution in [0.1, 0.15) is 33.6 Å². The number of hydrogen-bond donors (Lipinski definition) is 0. The molecule has 0 atom stereocenters. The maximum atomic E-state index is 5.53. The topological polar surface area (TPSA) is 44.2 Å². The maximum Gasteiger partial charge on any atom is 0.162 e. The van der Waals surface area contributed by atoms with E-state index in [4.69, 9.17) is 22.3 Å². The van der Waals surface area contributed by atoms with Crippen molar-refractivity contribution in [2.24, 2.45) is 0 Å². The summed E-state index contributed by atoms with van der Waals surface area (Å²) in [6, 6.07) is 10.7. The van der Waals surface area contributed by atoms with Crippen LogP contribution >= 0.6 is 0 Å². The Morgan fingerprint density at radius 1 is 0.667 bits per heavy atom. The molecule has 0 saturated heterocycles. The summed E-state index contributed by atoms with van der Waals surface area (Å²) >= 11 is 0. The van der Waals surface area contributed by atoms with E-state index in [0.29, 0.717) is 45.1 Å². The highest BCUT2D eigenvalue weighted by Crippen LogP contribution is 2.30. The van der Waals surface area contributed by atoms with Gasteiger partial charge in [-0.3, -0.25) is 0 Å². The number of hydrogen-bond acceptors (Lipinski definition) is 4. The van der Waals surface area contributed by atoms with E-state index < -0.39 is 0 Å². The van der Waals surface area contributed by atoms with Crippen molar-refractivity contribution in [1.82, 2.24) is 9.97 Å². The highest BCUT2D eigenvalue weighted by molar-refractivity contribution is 5.61. The van der Waals surface area contributed by atoms with Gasteiger partial charge in [-0.05, 0) is 36.1 Å². The predicted octanol–water partition coefficient (Wildman–Crippen LogP) is 3.26. The highest BCUT2D eigenvalue weighted by atomic mass is 16.5. The van der Waals surface area contributed by atoms with Gasteiger partial charge in [0.2, 0.25) is 0 Å². The van der Waals surface area contributed by atoms with Crippen LogP contribution in [0.5, 0.6) is 11.5 Å². The lowest BCUT2D eigenvalue weighted by atomic mass is 10.1. The Morgan fingerprint density at radius 3 is 1.77 bits per heavy atom. The molecule has 0 amide bonds. The van der Waals surface area contributed by atoms with Crippen molar-refractivity contribution in [2.75, 3.05) is 14.2 Å². The Morgan fingerprint density at radius 2 is 1.20 bits per heavy atom. The van der Waals surface area contributed by atoms with Crippen molar-refractivity contribution < 1.29 is 9.47 Å². The molecule has 2 heterocycles. The minimum absolute atomic E-state index is 0.477. The smallest absolute Gasteiger partial charge is 0.162 e. The number of terminal acetylenes is 2. The van der Waals surface area contributed by atoms with Gasteiger partial charge >= 0.3 is 0 Å². The molecule has 0 aliphatic carbocycles. The molecule has 0 fully saturated rings. The van der Waals surface area contributed by atoms with Crippen LogP contribution in [0.25, 0.3) is 0 Å². The Hall–Kier alpha value is -4.64. The lowest BCUT2D eigenvalue weighted by molar-refractivity contribution is 0.355. The number of benzene rings is 1. The molecule has 0 aliphatic heterocycles. The zero-order valence-corrected chi connectivity index (χ0v) is 16.5. The largest absolute Gasteiger partial charge is 0.493 e. The van der Waals surface area contributed by atoms with Crippen LogP contribution in [-0.4, -0.2) is 24.2 Å². The molecule has 0 spiro atoms. The van der Waals surface area contributed by atoms with E-state index >= 15 is 0 Å². The molecule has 0 aliphatic rings. The van der Waals surface area contributed by atoms with E-state index in [9.17, 15) is 0 Å². The Bertz CT molecular complexity index is 1200. The van der Waals surface area contributed by atoms with Crippen molar-refractivity contribution in [3.05, 3.63) is 82.4 Å². The molecule has 0 bridgehead atoms. The molecular formula is C26H16N2O2. The number of rotatable bonds is 2. The first-order valence-electron chi connectivity index (χ1n) is 8.83. The summed E-state index contributed by atoms with van der Waals surface area (Å²) in [5, 5.41) is 0. The second-order valence-electron chi connectivity index (χ2n) is 5.84. The van der Waals surface area contributed by atoms with Crippen LogP contribution in [0.4, 0.5) is 0 Å². The van der Waals surface area contributed by atoms with Crippen molar-refractivity contribution >= 4 is 0 Å². The molecule has 2 aromatic heterocycles. The second kappa shape index (κ2) is 9.52. The minimum atomic E-state index is 0.477. The molecule has 30 heavy (non-hydrogen) atoms. The molecule has 3 aromatic rings. The number of pyridine rings is 2. The van der Waals surface area contributed by atoms with Gasteiger partial charge in [0.1, 0.15) is 11.4 Å². The van der Waals surface area contributed by atoms with E-state index in [1.165, 1.54) is 0 Å². The predicted molar refractivity (Wildman–Crippen MR) is 116 cm³/mol. The number of nitrogens with zero attached hydrogens (tertiary/aromatic N) is 2.